The Labute approximate surface area is 221 Å². The lowest BCUT2D eigenvalue weighted by Gasteiger charge is -2.19. The van der Waals surface area contributed by atoms with Crippen LogP contribution in [0.4, 0.5) is 11.4 Å². The van der Waals surface area contributed by atoms with Crippen molar-refractivity contribution in [2.45, 2.75) is 25.8 Å². The van der Waals surface area contributed by atoms with Crippen LogP contribution in [0.3, 0.4) is 0 Å². The third-order valence-corrected chi connectivity index (χ3v) is 6.91. The van der Waals surface area contributed by atoms with Crippen LogP contribution < -0.4 is 24.7 Å². The van der Waals surface area contributed by atoms with E-state index < -0.39 is 0 Å². The lowest BCUT2D eigenvalue weighted by Crippen LogP contribution is -2.27. The zero-order valence-corrected chi connectivity index (χ0v) is 22.3. The minimum Gasteiger partial charge on any atom is -0.497 e. The number of rotatable bonds is 10. The molecule has 5 rings (SSSR count). The van der Waals surface area contributed by atoms with Crippen molar-refractivity contribution in [3.05, 3.63) is 82.2 Å². The van der Waals surface area contributed by atoms with E-state index in [4.69, 9.17) is 14.2 Å². The summed E-state index contributed by atoms with van der Waals surface area (Å²) in [6, 6.07) is 13.5. The van der Waals surface area contributed by atoms with Gasteiger partial charge in [0.15, 0.2) is 0 Å². The Morgan fingerprint density at radius 1 is 1.03 bits per heavy atom. The van der Waals surface area contributed by atoms with Gasteiger partial charge in [0.05, 0.1) is 44.9 Å². The molecule has 1 fully saturated rings. The van der Waals surface area contributed by atoms with E-state index >= 15 is 0 Å². The van der Waals surface area contributed by atoms with Crippen molar-refractivity contribution in [3.63, 3.8) is 0 Å². The molecular weight excluding hydrogens is 484 g/mol. The van der Waals surface area contributed by atoms with E-state index in [2.05, 4.69) is 15.2 Å². The highest BCUT2D eigenvalue weighted by molar-refractivity contribution is 5.63. The van der Waals surface area contributed by atoms with Crippen LogP contribution in [-0.2, 0) is 13.6 Å². The molecule has 1 aromatic carbocycles. The van der Waals surface area contributed by atoms with Gasteiger partial charge in [-0.15, -0.1) is 5.10 Å². The molecule has 3 aromatic heterocycles. The van der Waals surface area contributed by atoms with Crippen molar-refractivity contribution < 1.29 is 14.2 Å². The number of pyridine rings is 1. The maximum atomic E-state index is 13.0. The largest absolute Gasteiger partial charge is 0.497 e. The van der Waals surface area contributed by atoms with Crippen molar-refractivity contribution in [1.82, 2.24) is 24.5 Å². The monoisotopic (exact) mass is 516 g/mol. The molecule has 10 nitrogen and oxygen atoms in total. The van der Waals surface area contributed by atoms with E-state index in [0.29, 0.717) is 36.6 Å². The summed E-state index contributed by atoms with van der Waals surface area (Å²) in [7, 11) is 6.77. The van der Waals surface area contributed by atoms with Gasteiger partial charge in [0, 0.05) is 43.9 Å². The van der Waals surface area contributed by atoms with Gasteiger partial charge in [0.1, 0.15) is 17.2 Å². The van der Waals surface area contributed by atoms with Gasteiger partial charge < -0.3 is 19.1 Å². The van der Waals surface area contributed by atoms with Gasteiger partial charge in [-0.1, -0.05) is 12.1 Å². The maximum absolute atomic E-state index is 13.0. The van der Waals surface area contributed by atoms with Crippen molar-refractivity contribution >= 4 is 11.4 Å². The molecule has 0 spiro atoms. The Hall–Kier alpha value is -4.34. The van der Waals surface area contributed by atoms with Crippen LogP contribution in [0.2, 0.25) is 0 Å². The summed E-state index contributed by atoms with van der Waals surface area (Å²) < 4.78 is 19.7. The van der Waals surface area contributed by atoms with Gasteiger partial charge in [-0.05, 0) is 43.2 Å². The molecule has 0 amide bonds. The summed E-state index contributed by atoms with van der Waals surface area (Å²) >= 11 is 0. The van der Waals surface area contributed by atoms with E-state index in [-0.39, 0.29) is 5.56 Å². The lowest BCUT2D eigenvalue weighted by atomic mass is 10.2. The SMILES string of the molecule is COc1ccc(Cn2cc(N(C)c3cc(OC[C@H]4C[C@@H]4c4ccc(OC)cn4)nn(C)c3=O)c(C)n2)cc1. The molecule has 0 aliphatic heterocycles. The Balaban J connectivity index is 1.27. The number of ether oxygens (including phenoxy) is 3. The summed E-state index contributed by atoms with van der Waals surface area (Å²) in [6.45, 7) is 3.04. The first-order chi connectivity index (χ1) is 18.4. The number of anilines is 2. The second-order valence-electron chi connectivity index (χ2n) is 9.54. The van der Waals surface area contributed by atoms with Crippen molar-refractivity contribution in [2.24, 2.45) is 13.0 Å². The fourth-order valence-corrected chi connectivity index (χ4v) is 4.56. The second kappa shape index (κ2) is 10.6. The zero-order chi connectivity index (χ0) is 26.8. The van der Waals surface area contributed by atoms with Crippen LogP contribution in [0.1, 0.15) is 29.3 Å². The van der Waals surface area contributed by atoms with Crippen LogP contribution in [-0.4, -0.2) is 52.4 Å². The van der Waals surface area contributed by atoms with Crippen molar-refractivity contribution in [1.29, 1.82) is 0 Å². The average Bonchev–Trinajstić information content (AvgIpc) is 3.62. The van der Waals surface area contributed by atoms with E-state index in [1.807, 2.05) is 66.1 Å². The molecule has 38 heavy (non-hydrogen) atoms. The van der Waals surface area contributed by atoms with Crippen molar-refractivity contribution in [3.8, 4) is 17.4 Å². The average molecular weight is 517 g/mol. The number of aromatic nitrogens is 5. The first-order valence-electron chi connectivity index (χ1n) is 12.5. The Kier molecular flexibility index (Phi) is 7.04. The quantitative estimate of drug-likeness (QED) is 0.315. The molecule has 4 aromatic rings. The Morgan fingerprint density at radius 2 is 1.76 bits per heavy atom. The first-order valence-corrected chi connectivity index (χ1v) is 12.5. The first kappa shape index (κ1) is 25.3. The molecule has 1 aliphatic carbocycles. The van der Waals surface area contributed by atoms with Crippen LogP contribution in [0, 0.1) is 12.8 Å². The number of methoxy groups -OCH3 is 2. The molecule has 0 saturated heterocycles. The van der Waals surface area contributed by atoms with Crippen LogP contribution in [0.15, 0.2) is 59.7 Å². The van der Waals surface area contributed by atoms with Crippen LogP contribution in [0.25, 0.3) is 0 Å². The third-order valence-electron chi connectivity index (χ3n) is 6.91. The summed E-state index contributed by atoms with van der Waals surface area (Å²) in [5.74, 6) is 2.68. The van der Waals surface area contributed by atoms with Crippen LogP contribution in [0.5, 0.6) is 17.4 Å². The molecule has 0 N–H and O–H groups in total. The van der Waals surface area contributed by atoms with E-state index in [1.165, 1.54) is 4.68 Å². The molecule has 2 atom stereocenters. The maximum Gasteiger partial charge on any atom is 0.290 e. The summed E-state index contributed by atoms with van der Waals surface area (Å²) in [4.78, 5) is 19.3. The molecule has 198 valence electrons. The van der Waals surface area contributed by atoms with E-state index in [1.54, 1.807) is 33.5 Å². The van der Waals surface area contributed by atoms with Gasteiger partial charge in [0.2, 0.25) is 5.88 Å². The van der Waals surface area contributed by atoms with Gasteiger partial charge in [-0.2, -0.15) is 5.10 Å². The number of nitrogens with zero attached hydrogens (tertiary/aromatic N) is 6. The van der Waals surface area contributed by atoms with Gasteiger partial charge >= 0.3 is 0 Å². The molecule has 1 saturated carbocycles. The van der Waals surface area contributed by atoms with Gasteiger partial charge in [-0.3, -0.25) is 14.5 Å². The third kappa shape index (κ3) is 5.34. The smallest absolute Gasteiger partial charge is 0.290 e. The normalized spacial score (nSPS) is 16.2. The fourth-order valence-electron chi connectivity index (χ4n) is 4.56. The molecule has 1 aliphatic rings. The van der Waals surface area contributed by atoms with Gasteiger partial charge in [0.25, 0.3) is 5.56 Å². The zero-order valence-electron chi connectivity index (χ0n) is 22.3. The Bertz CT molecular complexity index is 1460. The van der Waals surface area contributed by atoms with Gasteiger partial charge in [-0.25, -0.2) is 4.68 Å². The highest BCUT2D eigenvalue weighted by Gasteiger charge is 2.40. The molecule has 0 unspecified atom stereocenters. The predicted octanol–water partition coefficient (Wildman–Crippen LogP) is 3.70. The predicted molar refractivity (Wildman–Crippen MR) is 144 cm³/mol. The fraction of sp³-hybridized carbons (Fsp3) is 0.357. The number of hydrogen-bond donors (Lipinski definition) is 0. The summed E-state index contributed by atoms with van der Waals surface area (Å²) in [6.07, 6.45) is 4.68. The summed E-state index contributed by atoms with van der Waals surface area (Å²) in [5, 5.41) is 8.98. The Morgan fingerprint density at radius 3 is 2.45 bits per heavy atom. The number of benzene rings is 1. The number of hydrogen-bond acceptors (Lipinski definition) is 8. The van der Waals surface area contributed by atoms with E-state index in [9.17, 15) is 4.79 Å². The molecule has 0 bridgehead atoms. The molecule has 10 heteroatoms. The minimum absolute atomic E-state index is 0.214. The second-order valence-corrected chi connectivity index (χ2v) is 9.54. The minimum atomic E-state index is -0.214. The highest BCUT2D eigenvalue weighted by Crippen LogP contribution is 2.46. The standard InChI is InChI=1S/C28H32N6O4/c1-18-26(16-34(30-18)15-19-6-8-21(36-4)9-7-19)32(2)25-13-27(31-33(3)28(25)35)38-17-20-12-23(20)24-11-10-22(37-5)14-29-24/h6-11,13-14,16,20,23H,12,15,17H2,1-5H3/t20-,23+/m1/s1. The van der Waals surface area contributed by atoms with Crippen molar-refractivity contribution in [2.75, 3.05) is 32.8 Å². The topological polar surface area (TPSA) is 96.5 Å². The highest BCUT2D eigenvalue weighted by atomic mass is 16.5. The summed E-state index contributed by atoms with van der Waals surface area (Å²) in [5.41, 5.74) is 4.04. The molecular formula is C28H32N6O4. The lowest BCUT2D eigenvalue weighted by molar-refractivity contribution is 0.278. The molecule has 3 heterocycles. The van der Waals surface area contributed by atoms with Crippen LogP contribution >= 0.6 is 0 Å². The molecule has 0 radical (unpaired) electrons. The van der Waals surface area contributed by atoms with E-state index in [0.717, 1.165) is 40.6 Å². The number of aryl methyl sites for hydroxylation is 2.